The molecular formula is C15H12ClF4N5O3S. The molecule has 2 aromatic rings. The molecule has 0 saturated carbocycles. The summed E-state index contributed by atoms with van der Waals surface area (Å²) in [5, 5.41) is 8.23. The number of hydrogen-bond acceptors (Lipinski definition) is 6. The Balaban J connectivity index is 1.77. The Morgan fingerprint density at radius 2 is 1.93 bits per heavy atom. The molecule has 156 valence electrons. The Morgan fingerprint density at radius 3 is 2.55 bits per heavy atom. The summed E-state index contributed by atoms with van der Waals surface area (Å²) >= 11 is 5.55. The predicted octanol–water partition coefficient (Wildman–Crippen LogP) is 2.68. The van der Waals surface area contributed by atoms with E-state index in [1.807, 2.05) is 0 Å². The Labute approximate surface area is 166 Å². The van der Waals surface area contributed by atoms with Gasteiger partial charge < -0.3 is 10.2 Å². The second kappa shape index (κ2) is 7.37. The Hall–Kier alpha value is -2.54. The van der Waals surface area contributed by atoms with Crippen LogP contribution in [0, 0.1) is 5.82 Å². The number of hydrogen-bond donors (Lipinski definition) is 1. The van der Waals surface area contributed by atoms with E-state index in [1.54, 1.807) is 0 Å². The molecule has 1 aromatic heterocycles. The summed E-state index contributed by atoms with van der Waals surface area (Å²) in [5.41, 5.74) is -1.27. The second-order valence-electron chi connectivity index (χ2n) is 6.17. The monoisotopic (exact) mass is 453 g/mol. The van der Waals surface area contributed by atoms with Crippen LogP contribution in [0.4, 0.5) is 28.0 Å². The van der Waals surface area contributed by atoms with Crippen molar-refractivity contribution in [2.75, 3.05) is 18.1 Å². The number of alkyl halides is 3. The van der Waals surface area contributed by atoms with Gasteiger partial charge in [-0.1, -0.05) is 11.6 Å². The third-order valence-corrected chi connectivity index (χ3v) is 5.15. The van der Waals surface area contributed by atoms with Gasteiger partial charge in [0, 0.05) is 19.2 Å². The molecule has 1 N–H and O–H groups in total. The highest BCUT2D eigenvalue weighted by Crippen LogP contribution is 2.37. The zero-order chi connectivity index (χ0) is 21.6. The standard InChI is InChI=1S/C15H12ClF4N5O3S/c1-29(27,28)13-21-10-2-3-25(6-12(10)23-24-13)14(26)22-11-5-8(16)7(4-9(11)17)15(18,19)20/h4-5H,2-3,6H2,1H3,(H,22,26). The third-order valence-electron chi connectivity index (χ3n) is 4.00. The molecule has 0 unspecified atom stereocenters. The Morgan fingerprint density at radius 1 is 1.24 bits per heavy atom. The van der Waals surface area contributed by atoms with Crippen molar-refractivity contribution in [3.63, 3.8) is 0 Å². The van der Waals surface area contributed by atoms with Gasteiger partial charge >= 0.3 is 12.2 Å². The summed E-state index contributed by atoms with van der Waals surface area (Å²) in [5.74, 6) is -1.30. The van der Waals surface area contributed by atoms with Crippen LogP contribution in [0.2, 0.25) is 5.02 Å². The van der Waals surface area contributed by atoms with Crippen LogP contribution in [0.1, 0.15) is 17.0 Å². The van der Waals surface area contributed by atoms with E-state index in [1.165, 1.54) is 4.90 Å². The van der Waals surface area contributed by atoms with Gasteiger partial charge in [0.15, 0.2) is 0 Å². The van der Waals surface area contributed by atoms with Crippen molar-refractivity contribution in [1.82, 2.24) is 20.1 Å². The summed E-state index contributed by atoms with van der Waals surface area (Å²) < 4.78 is 75.2. The number of aromatic nitrogens is 3. The highest BCUT2D eigenvalue weighted by Gasteiger charge is 2.34. The van der Waals surface area contributed by atoms with Gasteiger partial charge in [-0.25, -0.2) is 22.6 Å². The normalized spacial score (nSPS) is 14.5. The highest BCUT2D eigenvalue weighted by molar-refractivity contribution is 7.90. The first-order valence-electron chi connectivity index (χ1n) is 7.91. The van der Waals surface area contributed by atoms with Crippen LogP contribution in [-0.4, -0.2) is 47.3 Å². The molecule has 1 aliphatic rings. The molecule has 2 heterocycles. The van der Waals surface area contributed by atoms with E-state index in [9.17, 15) is 30.8 Å². The minimum Gasteiger partial charge on any atom is -0.318 e. The summed E-state index contributed by atoms with van der Waals surface area (Å²) in [6.45, 7) is -0.00207. The lowest BCUT2D eigenvalue weighted by Gasteiger charge is -2.27. The number of fused-ring (bicyclic) bond motifs is 1. The molecule has 14 heteroatoms. The van der Waals surface area contributed by atoms with Crippen molar-refractivity contribution < 1.29 is 30.8 Å². The van der Waals surface area contributed by atoms with Gasteiger partial charge in [-0.3, -0.25) is 0 Å². The molecule has 0 saturated heterocycles. The number of carbonyl (C=O) groups is 1. The Kier molecular flexibility index (Phi) is 5.38. The average Bonchev–Trinajstić information content (AvgIpc) is 2.61. The topological polar surface area (TPSA) is 105 Å². The molecule has 1 aromatic carbocycles. The van der Waals surface area contributed by atoms with Crippen LogP contribution in [0.25, 0.3) is 0 Å². The fourth-order valence-electron chi connectivity index (χ4n) is 2.57. The van der Waals surface area contributed by atoms with Crippen LogP contribution >= 0.6 is 11.6 Å². The van der Waals surface area contributed by atoms with Crippen LogP contribution in [0.5, 0.6) is 0 Å². The number of halogens is 5. The van der Waals surface area contributed by atoms with Crippen LogP contribution < -0.4 is 5.32 Å². The van der Waals surface area contributed by atoms with E-state index < -0.39 is 49.3 Å². The maximum atomic E-state index is 14.0. The molecule has 1 aliphatic heterocycles. The number of nitrogens with zero attached hydrogens (tertiary/aromatic N) is 4. The summed E-state index contributed by atoms with van der Waals surface area (Å²) in [4.78, 5) is 17.5. The molecular weight excluding hydrogens is 442 g/mol. The average molecular weight is 454 g/mol. The number of sulfone groups is 1. The molecule has 0 atom stereocenters. The Bertz CT molecular complexity index is 1090. The second-order valence-corrected chi connectivity index (χ2v) is 8.49. The van der Waals surface area contributed by atoms with Gasteiger partial charge in [-0.05, 0) is 12.1 Å². The lowest BCUT2D eigenvalue weighted by Crippen LogP contribution is -2.40. The molecule has 0 aliphatic carbocycles. The van der Waals surface area contributed by atoms with Gasteiger partial charge in [-0.2, -0.15) is 13.2 Å². The van der Waals surface area contributed by atoms with E-state index in [0.717, 1.165) is 6.26 Å². The lowest BCUT2D eigenvalue weighted by atomic mass is 10.1. The van der Waals surface area contributed by atoms with E-state index in [-0.39, 0.29) is 31.3 Å². The number of amides is 2. The van der Waals surface area contributed by atoms with Crippen molar-refractivity contribution >= 4 is 33.2 Å². The van der Waals surface area contributed by atoms with Crippen molar-refractivity contribution in [1.29, 1.82) is 0 Å². The third kappa shape index (κ3) is 4.56. The minimum absolute atomic E-state index is 0.0940. The summed E-state index contributed by atoms with van der Waals surface area (Å²) in [6, 6.07) is 0.0697. The largest absolute Gasteiger partial charge is 0.417 e. The minimum atomic E-state index is -4.84. The molecule has 0 radical (unpaired) electrons. The number of urea groups is 1. The SMILES string of the molecule is CS(=O)(=O)c1nnc2c(n1)CCN(C(=O)Nc1cc(Cl)c(C(F)(F)F)cc1F)C2. The fraction of sp³-hybridized carbons (Fsp3) is 0.333. The summed E-state index contributed by atoms with van der Waals surface area (Å²) in [7, 11) is -3.64. The number of carbonyl (C=O) groups excluding carboxylic acids is 1. The molecule has 0 bridgehead atoms. The van der Waals surface area contributed by atoms with Crippen LogP contribution in [-0.2, 0) is 29.0 Å². The molecule has 0 spiro atoms. The number of rotatable bonds is 2. The lowest BCUT2D eigenvalue weighted by molar-refractivity contribution is -0.137. The van der Waals surface area contributed by atoms with Crippen molar-refractivity contribution in [3.05, 3.63) is 39.9 Å². The first-order valence-corrected chi connectivity index (χ1v) is 10.2. The molecule has 29 heavy (non-hydrogen) atoms. The summed E-state index contributed by atoms with van der Waals surface area (Å²) in [6.07, 6.45) is -3.74. The van der Waals surface area contributed by atoms with Gasteiger partial charge in [0.2, 0.25) is 9.84 Å². The molecule has 0 fully saturated rings. The van der Waals surface area contributed by atoms with E-state index in [4.69, 9.17) is 11.6 Å². The maximum absolute atomic E-state index is 14.0. The van der Waals surface area contributed by atoms with E-state index in [2.05, 4.69) is 20.5 Å². The number of anilines is 1. The quantitative estimate of drug-likeness (QED) is 0.701. The fourth-order valence-corrected chi connectivity index (χ4v) is 3.31. The maximum Gasteiger partial charge on any atom is 0.417 e. The number of nitrogens with one attached hydrogen (secondary N) is 1. The predicted molar refractivity (Wildman–Crippen MR) is 92.5 cm³/mol. The molecule has 3 rings (SSSR count). The van der Waals surface area contributed by atoms with Gasteiger partial charge in [0.1, 0.15) is 11.5 Å². The van der Waals surface area contributed by atoms with E-state index >= 15 is 0 Å². The van der Waals surface area contributed by atoms with Gasteiger partial charge in [-0.15, -0.1) is 10.2 Å². The van der Waals surface area contributed by atoms with Crippen molar-refractivity contribution in [3.8, 4) is 0 Å². The van der Waals surface area contributed by atoms with Crippen molar-refractivity contribution in [2.24, 2.45) is 0 Å². The first kappa shape index (κ1) is 21.2. The van der Waals surface area contributed by atoms with Gasteiger partial charge in [0.25, 0.3) is 5.16 Å². The van der Waals surface area contributed by atoms with Crippen molar-refractivity contribution in [2.45, 2.75) is 24.3 Å². The zero-order valence-corrected chi connectivity index (χ0v) is 16.2. The number of benzene rings is 1. The van der Waals surface area contributed by atoms with Crippen LogP contribution in [0.3, 0.4) is 0 Å². The van der Waals surface area contributed by atoms with Crippen LogP contribution in [0.15, 0.2) is 17.3 Å². The van der Waals surface area contributed by atoms with Gasteiger partial charge in [0.05, 0.1) is 28.5 Å². The van der Waals surface area contributed by atoms with E-state index in [0.29, 0.717) is 11.8 Å². The molecule has 2 amide bonds. The first-order chi connectivity index (χ1) is 13.4. The highest BCUT2D eigenvalue weighted by atomic mass is 35.5. The smallest absolute Gasteiger partial charge is 0.318 e. The zero-order valence-electron chi connectivity index (χ0n) is 14.6. The molecule has 8 nitrogen and oxygen atoms in total.